The number of ketones is 1. The fourth-order valence-corrected chi connectivity index (χ4v) is 1.68. The summed E-state index contributed by atoms with van der Waals surface area (Å²) in [6.07, 6.45) is 0.0460. The van der Waals surface area contributed by atoms with Crippen LogP contribution < -0.4 is 0 Å². The first-order valence-electron chi connectivity index (χ1n) is 5.09. The van der Waals surface area contributed by atoms with Gasteiger partial charge in [-0.1, -0.05) is 29.8 Å². The zero-order chi connectivity index (χ0) is 13.1. The Labute approximate surface area is 107 Å². The molecular formula is C12H8ClNO4. The zero-order valence-corrected chi connectivity index (χ0v) is 9.89. The topological polar surface area (TPSA) is 73.3 Å². The number of hydrogen-bond donors (Lipinski definition) is 0. The van der Waals surface area contributed by atoms with Crippen molar-refractivity contribution in [3.05, 3.63) is 62.9 Å². The van der Waals surface area contributed by atoms with Crippen LogP contribution in [0.25, 0.3) is 0 Å². The van der Waals surface area contributed by atoms with E-state index in [1.165, 1.54) is 6.07 Å². The van der Waals surface area contributed by atoms with Gasteiger partial charge in [0.05, 0.1) is 6.07 Å². The fraction of sp³-hybridized carbons (Fsp3) is 0.0833. The summed E-state index contributed by atoms with van der Waals surface area (Å²) in [5.41, 5.74) is 0.656. The minimum Gasteiger partial charge on any atom is -0.397 e. The molecule has 0 fully saturated rings. The van der Waals surface area contributed by atoms with E-state index in [1.54, 1.807) is 24.3 Å². The van der Waals surface area contributed by atoms with Crippen molar-refractivity contribution in [1.82, 2.24) is 0 Å². The highest BCUT2D eigenvalue weighted by molar-refractivity contribution is 6.31. The van der Waals surface area contributed by atoms with Crippen molar-refractivity contribution in [3.63, 3.8) is 0 Å². The number of nitrogens with zero attached hydrogens (tertiary/aromatic N) is 1. The third-order valence-corrected chi connectivity index (χ3v) is 2.72. The van der Waals surface area contributed by atoms with Crippen LogP contribution in [0.5, 0.6) is 0 Å². The van der Waals surface area contributed by atoms with Crippen LogP contribution in [-0.4, -0.2) is 10.7 Å². The van der Waals surface area contributed by atoms with E-state index in [2.05, 4.69) is 0 Å². The molecule has 0 amide bonds. The summed E-state index contributed by atoms with van der Waals surface area (Å²) in [7, 11) is 0. The maximum Gasteiger partial charge on any atom is 0.433 e. The molecule has 18 heavy (non-hydrogen) atoms. The average molecular weight is 266 g/mol. The summed E-state index contributed by atoms with van der Waals surface area (Å²) < 4.78 is 4.83. The van der Waals surface area contributed by atoms with E-state index in [0.717, 1.165) is 6.07 Å². The molecule has 92 valence electrons. The molecule has 0 unspecified atom stereocenters. The first-order chi connectivity index (χ1) is 8.58. The Hall–Kier alpha value is -2.14. The van der Waals surface area contributed by atoms with E-state index >= 15 is 0 Å². The molecule has 2 rings (SSSR count). The smallest absolute Gasteiger partial charge is 0.397 e. The van der Waals surface area contributed by atoms with E-state index in [4.69, 9.17) is 16.0 Å². The summed E-state index contributed by atoms with van der Waals surface area (Å²) in [4.78, 5) is 21.6. The van der Waals surface area contributed by atoms with E-state index in [-0.39, 0.29) is 18.0 Å². The number of rotatable bonds is 4. The van der Waals surface area contributed by atoms with Gasteiger partial charge in [0, 0.05) is 11.4 Å². The Morgan fingerprint density at radius 2 is 2.00 bits per heavy atom. The second-order valence-corrected chi connectivity index (χ2v) is 3.99. The molecule has 0 aliphatic rings. The highest BCUT2D eigenvalue weighted by Crippen LogP contribution is 2.20. The lowest BCUT2D eigenvalue weighted by molar-refractivity contribution is -0.402. The molecule has 1 aromatic heterocycles. The van der Waals surface area contributed by atoms with Crippen LogP contribution in [-0.2, 0) is 6.42 Å². The molecule has 6 heteroatoms. The Bertz CT molecular complexity index is 606. The largest absolute Gasteiger partial charge is 0.433 e. The molecule has 2 aromatic rings. The Morgan fingerprint density at radius 1 is 1.28 bits per heavy atom. The van der Waals surface area contributed by atoms with Crippen molar-refractivity contribution in [3.8, 4) is 0 Å². The highest BCUT2D eigenvalue weighted by Gasteiger charge is 2.18. The lowest BCUT2D eigenvalue weighted by atomic mass is 10.1. The van der Waals surface area contributed by atoms with E-state index in [1.807, 2.05) is 0 Å². The quantitative estimate of drug-likeness (QED) is 0.483. The van der Waals surface area contributed by atoms with Crippen LogP contribution in [0.4, 0.5) is 5.88 Å². The van der Waals surface area contributed by atoms with Gasteiger partial charge >= 0.3 is 5.88 Å². The van der Waals surface area contributed by atoms with E-state index < -0.39 is 10.8 Å². The first-order valence-corrected chi connectivity index (χ1v) is 5.46. The Balaban J connectivity index is 2.17. The van der Waals surface area contributed by atoms with Gasteiger partial charge in [-0.25, -0.2) is 0 Å². The van der Waals surface area contributed by atoms with Crippen LogP contribution in [0.1, 0.15) is 16.1 Å². The van der Waals surface area contributed by atoms with Crippen molar-refractivity contribution >= 4 is 23.3 Å². The fourth-order valence-electron chi connectivity index (χ4n) is 1.48. The molecule has 0 saturated carbocycles. The van der Waals surface area contributed by atoms with Crippen LogP contribution >= 0.6 is 11.6 Å². The summed E-state index contributed by atoms with van der Waals surface area (Å²) in [5, 5.41) is 10.9. The summed E-state index contributed by atoms with van der Waals surface area (Å²) >= 11 is 5.92. The molecule has 0 aliphatic carbocycles. The van der Waals surface area contributed by atoms with Crippen molar-refractivity contribution in [2.24, 2.45) is 0 Å². The van der Waals surface area contributed by atoms with Gasteiger partial charge in [0.1, 0.15) is 4.92 Å². The minimum absolute atomic E-state index is 0.0402. The Kier molecular flexibility index (Phi) is 3.43. The predicted molar refractivity (Wildman–Crippen MR) is 64.8 cm³/mol. The lowest BCUT2D eigenvalue weighted by Crippen LogP contribution is -2.02. The van der Waals surface area contributed by atoms with Gasteiger partial charge < -0.3 is 4.42 Å². The van der Waals surface area contributed by atoms with Crippen molar-refractivity contribution in [2.45, 2.75) is 6.42 Å². The summed E-state index contributed by atoms with van der Waals surface area (Å²) in [5.74, 6) is -0.838. The molecule has 0 aliphatic heterocycles. The van der Waals surface area contributed by atoms with Gasteiger partial charge in [0.25, 0.3) is 0 Å². The van der Waals surface area contributed by atoms with E-state index in [0.29, 0.717) is 10.6 Å². The molecule has 5 nitrogen and oxygen atoms in total. The van der Waals surface area contributed by atoms with Gasteiger partial charge in [0.2, 0.25) is 5.78 Å². The maximum atomic E-state index is 11.8. The normalized spacial score (nSPS) is 10.3. The SMILES string of the molecule is O=C(Cc1ccccc1Cl)c1ccc([N+](=O)[O-])o1. The third kappa shape index (κ3) is 2.57. The number of hydrogen-bond acceptors (Lipinski definition) is 4. The standard InChI is InChI=1S/C12H8ClNO4/c13-9-4-2-1-3-8(9)7-10(15)11-5-6-12(18-11)14(16)17/h1-6H,7H2. The average Bonchev–Trinajstić information content (AvgIpc) is 2.81. The van der Waals surface area contributed by atoms with Crippen molar-refractivity contribution < 1.29 is 14.1 Å². The third-order valence-electron chi connectivity index (χ3n) is 2.36. The van der Waals surface area contributed by atoms with Gasteiger partial charge in [-0.15, -0.1) is 0 Å². The van der Waals surface area contributed by atoms with Gasteiger partial charge in [0.15, 0.2) is 5.76 Å². The predicted octanol–water partition coefficient (Wildman–Crippen LogP) is 3.27. The number of Topliss-reactive ketones (excluding diaryl/α,β-unsaturated/α-hetero) is 1. The molecule has 0 atom stereocenters. The molecule has 1 aromatic carbocycles. The van der Waals surface area contributed by atoms with Crippen LogP contribution in [0.15, 0.2) is 40.8 Å². The monoisotopic (exact) mass is 265 g/mol. The minimum atomic E-state index is -0.688. The molecule has 0 bridgehead atoms. The molecule has 0 spiro atoms. The molecular weight excluding hydrogens is 258 g/mol. The second-order valence-electron chi connectivity index (χ2n) is 3.59. The van der Waals surface area contributed by atoms with Gasteiger partial charge in [-0.3, -0.25) is 14.9 Å². The molecule has 0 N–H and O–H groups in total. The lowest BCUT2D eigenvalue weighted by Gasteiger charge is -2.00. The van der Waals surface area contributed by atoms with Crippen LogP contribution in [0, 0.1) is 10.1 Å². The van der Waals surface area contributed by atoms with Gasteiger partial charge in [-0.2, -0.15) is 0 Å². The highest BCUT2D eigenvalue weighted by atomic mass is 35.5. The number of carbonyl (C=O) groups excluding carboxylic acids is 1. The molecule has 0 radical (unpaired) electrons. The van der Waals surface area contributed by atoms with Crippen LogP contribution in [0.3, 0.4) is 0 Å². The van der Waals surface area contributed by atoms with Gasteiger partial charge in [-0.05, 0) is 17.7 Å². The summed E-state index contributed by atoms with van der Waals surface area (Å²) in [6, 6.07) is 9.36. The molecule has 0 saturated heterocycles. The number of benzene rings is 1. The second kappa shape index (κ2) is 5.01. The van der Waals surface area contributed by atoms with E-state index in [9.17, 15) is 14.9 Å². The zero-order valence-electron chi connectivity index (χ0n) is 9.13. The number of halogens is 1. The van der Waals surface area contributed by atoms with Crippen molar-refractivity contribution in [1.29, 1.82) is 0 Å². The van der Waals surface area contributed by atoms with Crippen molar-refractivity contribution in [2.75, 3.05) is 0 Å². The van der Waals surface area contributed by atoms with Crippen LogP contribution in [0.2, 0.25) is 5.02 Å². The summed E-state index contributed by atoms with van der Waals surface area (Å²) in [6.45, 7) is 0. The number of carbonyl (C=O) groups is 1. The Morgan fingerprint density at radius 3 is 2.61 bits per heavy atom. The first kappa shape index (κ1) is 12.3. The number of nitro groups is 1. The number of furan rings is 1. The molecule has 1 heterocycles. The maximum absolute atomic E-state index is 11.8.